The summed E-state index contributed by atoms with van der Waals surface area (Å²) in [6.07, 6.45) is 8.94. The maximum atomic E-state index is 9.73. The van der Waals surface area contributed by atoms with Crippen molar-refractivity contribution in [3.8, 4) is 0 Å². The van der Waals surface area contributed by atoms with E-state index in [9.17, 15) is 5.11 Å². The van der Waals surface area contributed by atoms with Gasteiger partial charge in [-0.1, -0.05) is 26.2 Å². The molecule has 0 aromatic rings. The molecule has 0 spiro atoms. The normalized spacial score (nSPS) is 27.3. The summed E-state index contributed by atoms with van der Waals surface area (Å²) in [6.45, 7) is 7.35. The van der Waals surface area contributed by atoms with Crippen molar-refractivity contribution in [1.29, 1.82) is 0 Å². The second-order valence-corrected chi connectivity index (χ2v) is 7.44. The van der Waals surface area contributed by atoms with Gasteiger partial charge in [-0.25, -0.2) is 0 Å². The molecule has 1 saturated heterocycles. The minimum atomic E-state index is 0.181. The molecule has 2 N–H and O–H groups in total. The second kappa shape index (κ2) is 6.55. The second-order valence-electron chi connectivity index (χ2n) is 7.44. The lowest BCUT2D eigenvalue weighted by Crippen LogP contribution is -2.46. The number of rotatable bonds is 5. The zero-order valence-electron chi connectivity index (χ0n) is 12.9. The molecule has 3 heteroatoms. The molecule has 0 bridgehead atoms. The molecule has 0 aromatic carbocycles. The summed E-state index contributed by atoms with van der Waals surface area (Å²) in [5.41, 5.74) is 0.637. The standard InChI is InChI=1S/C16H32N2O/c1-15(8-10-18(2)11-9-15)12-17-13-16(14-19)6-4-3-5-7-16/h17,19H,3-14H2,1-2H3. The SMILES string of the molecule is CN1CCC(C)(CNCC2(CO)CCCCC2)CC1. The van der Waals surface area contributed by atoms with Crippen molar-refractivity contribution in [2.24, 2.45) is 10.8 Å². The first-order valence-electron chi connectivity index (χ1n) is 8.08. The van der Waals surface area contributed by atoms with E-state index in [1.807, 2.05) is 0 Å². The maximum absolute atomic E-state index is 9.73. The van der Waals surface area contributed by atoms with E-state index in [1.165, 1.54) is 58.0 Å². The van der Waals surface area contributed by atoms with Crippen LogP contribution in [-0.2, 0) is 0 Å². The van der Waals surface area contributed by atoms with Crippen molar-refractivity contribution in [2.45, 2.75) is 51.9 Å². The fourth-order valence-electron chi connectivity index (χ4n) is 3.66. The van der Waals surface area contributed by atoms with E-state index in [-0.39, 0.29) is 5.41 Å². The van der Waals surface area contributed by atoms with E-state index in [1.54, 1.807) is 0 Å². The number of nitrogens with one attached hydrogen (secondary N) is 1. The predicted molar refractivity (Wildman–Crippen MR) is 80.3 cm³/mol. The van der Waals surface area contributed by atoms with E-state index >= 15 is 0 Å². The number of hydrogen-bond acceptors (Lipinski definition) is 3. The molecule has 0 radical (unpaired) electrons. The number of nitrogens with zero attached hydrogens (tertiary/aromatic N) is 1. The summed E-state index contributed by atoms with van der Waals surface area (Å²) in [6, 6.07) is 0. The molecular weight excluding hydrogens is 236 g/mol. The molecule has 2 aliphatic rings. The van der Waals surface area contributed by atoms with Crippen LogP contribution in [0.25, 0.3) is 0 Å². The third-order valence-electron chi connectivity index (χ3n) is 5.50. The summed E-state index contributed by atoms with van der Waals surface area (Å²) in [7, 11) is 2.22. The first-order valence-corrected chi connectivity index (χ1v) is 8.08. The van der Waals surface area contributed by atoms with Gasteiger partial charge < -0.3 is 15.3 Å². The number of aliphatic hydroxyl groups excluding tert-OH is 1. The molecule has 19 heavy (non-hydrogen) atoms. The van der Waals surface area contributed by atoms with Gasteiger partial charge in [0.05, 0.1) is 0 Å². The average molecular weight is 268 g/mol. The number of hydrogen-bond donors (Lipinski definition) is 2. The molecular formula is C16H32N2O. The summed E-state index contributed by atoms with van der Waals surface area (Å²) in [5.74, 6) is 0. The van der Waals surface area contributed by atoms with Crippen molar-refractivity contribution in [1.82, 2.24) is 10.2 Å². The lowest BCUT2D eigenvalue weighted by atomic mass is 9.74. The van der Waals surface area contributed by atoms with Crippen molar-refractivity contribution in [3.63, 3.8) is 0 Å². The van der Waals surface area contributed by atoms with Crippen LogP contribution in [0.2, 0.25) is 0 Å². The topological polar surface area (TPSA) is 35.5 Å². The Morgan fingerprint density at radius 3 is 2.21 bits per heavy atom. The average Bonchev–Trinajstić information content (AvgIpc) is 2.44. The van der Waals surface area contributed by atoms with Crippen molar-refractivity contribution in [2.75, 3.05) is 39.8 Å². The molecule has 1 aliphatic carbocycles. The molecule has 0 atom stereocenters. The van der Waals surface area contributed by atoms with E-state index < -0.39 is 0 Å². The van der Waals surface area contributed by atoms with Gasteiger partial charge in [0, 0.05) is 25.1 Å². The minimum Gasteiger partial charge on any atom is -0.396 e. The highest BCUT2D eigenvalue weighted by Gasteiger charge is 2.33. The Morgan fingerprint density at radius 1 is 1.00 bits per heavy atom. The van der Waals surface area contributed by atoms with Crippen LogP contribution >= 0.6 is 0 Å². The Kier molecular flexibility index (Phi) is 5.27. The van der Waals surface area contributed by atoms with E-state index in [0.717, 1.165) is 13.1 Å². The summed E-state index contributed by atoms with van der Waals surface area (Å²) >= 11 is 0. The zero-order valence-corrected chi connectivity index (χ0v) is 12.9. The van der Waals surface area contributed by atoms with Crippen LogP contribution in [-0.4, -0.2) is 49.8 Å². The first kappa shape index (κ1) is 15.3. The highest BCUT2D eigenvalue weighted by molar-refractivity contribution is 4.87. The molecule has 0 amide bonds. The summed E-state index contributed by atoms with van der Waals surface area (Å²) in [5, 5.41) is 13.4. The molecule has 2 fully saturated rings. The Bertz CT molecular complexity index is 266. The van der Waals surface area contributed by atoms with E-state index in [2.05, 4.69) is 24.2 Å². The highest BCUT2D eigenvalue weighted by Crippen LogP contribution is 2.36. The fraction of sp³-hybridized carbons (Fsp3) is 1.00. The molecule has 1 saturated carbocycles. The Morgan fingerprint density at radius 2 is 1.63 bits per heavy atom. The smallest absolute Gasteiger partial charge is 0.0499 e. The van der Waals surface area contributed by atoms with Gasteiger partial charge >= 0.3 is 0 Å². The number of likely N-dealkylation sites (tertiary alicyclic amines) is 1. The van der Waals surface area contributed by atoms with Gasteiger partial charge in [-0.15, -0.1) is 0 Å². The van der Waals surface area contributed by atoms with Gasteiger partial charge in [-0.3, -0.25) is 0 Å². The molecule has 0 aromatic heterocycles. The van der Waals surface area contributed by atoms with Gasteiger partial charge in [-0.2, -0.15) is 0 Å². The molecule has 1 aliphatic heterocycles. The van der Waals surface area contributed by atoms with Crippen LogP contribution in [0, 0.1) is 10.8 Å². The molecule has 1 heterocycles. The Labute approximate surface area is 118 Å². The monoisotopic (exact) mass is 268 g/mol. The first-order chi connectivity index (χ1) is 9.08. The van der Waals surface area contributed by atoms with Crippen LogP contribution in [0.4, 0.5) is 0 Å². The van der Waals surface area contributed by atoms with Gasteiger partial charge in [0.2, 0.25) is 0 Å². The Balaban J connectivity index is 1.75. The highest BCUT2D eigenvalue weighted by atomic mass is 16.3. The van der Waals surface area contributed by atoms with Gasteiger partial charge in [-0.05, 0) is 51.2 Å². The van der Waals surface area contributed by atoms with Crippen molar-refractivity contribution in [3.05, 3.63) is 0 Å². The summed E-state index contributed by atoms with van der Waals surface area (Å²) < 4.78 is 0. The molecule has 3 nitrogen and oxygen atoms in total. The lowest BCUT2D eigenvalue weighted by molar-refractivity contribution is 0.0724. The van der Waals surface area contributed by atoms with E-state index in [0.29, 0.717) is 12.0 Å². The van der Waals surface area contributed by atoms with Crippen LogP contribution in [0.5, 0.6) is 0 Å². The molecule has 0 unspecified atom stereocenters. The third kappa shape index (κ3) is 4.17. The van der Waals surface area contributed by atoms with Crippen LogP contribution in [0.15, 0.2) is 0 Å². The number of aliphatic hydroxyl groups is 1. The van der Waals surface area contributed by atoms with Gasteiger partial charge in [0.25, 0.3) is 0 Å². The lowest BCUT2D eigenvalue weighted by Gasteiger charge is -2.40. The summed E-state index contributed by atoms with van der Waals surface area (Å²) in [4.78, 5) is 2.43. The largest absolute Gasteiger partial charge is 0.396 e. The molecule has 2 rings (SSSR count). The van der Waals surface area contributed by atoms with Crippen molar-refractivity contribution < 1.29 is 5.11 Å². The number of piperidine rings is 1. The van der Waals surface area contributed by atoms with Crippen LogP contribution < -0.4 is 5.32 Å². The van der Waals surface area contributed by atoms with Gasteiger partial charge in [0.15, 0.2) is 0 Å². The van der Waals surface area contributed by atoms with E-state index in [4.69, 9.17) is 0 Å². The maximum Gasteiger partial charge on any atom is 0.0499 e. The van der Waals surface area contributed by atoms with Crippen LogP contribution in [0.1, 0.15) is 51.9 Å². The van der Waals surface area contributed by atoms with Gasteiger partial charge in [0.1, 0.15) is 0 Å². The minimum absolute atomic E-state index is 0.181. The fourth-order valence-corrected chi connectivity index (χ4v) is 3.66. The van der Waals surface area contributed by atoms with Crippen LogP contribution in [0.3, 0.4) is 0 Å². The van der Waals surface area contributed by atoms with Crippen molar-refractivity contribution >= 4 is 0 Å². The Hall–Kier alpha value is -0.120. The third-order valence-corrected chi connectivity index (χ3v) is 5.50. The quantitative estimate of drug-likeness (QED) is 0.803. The molecule has 112 valence electrons. The zero-order chi connectivity index (χ0) is 13.8. The predicted octanol–water partition coefficient (Wildman–Crippen LogP) is 2.25.